The normalized spacial score (nSPS) is 11.4. The van der Waals surface area contributed by atoms with E-state index in [1.54, 1.807) is 0 Å². The fourth-order valence-corrected chi connectivity index (χ4v) is 7.20. The molecule has 8 aromatic carbocycles. The molecule has 0 bridgehead atoms. The number of nitrogens with zero attached hydrogens (tertiary/aromatic N) is 1. The molecule has 0 radical (unpaired) electrons. The van der Waals surface area contributed by atoms with Gasteiger partial charge in [0.2, 0.25) is 0 Å². The molecule has 220 valence electrons. The molecule has 9 rings (SSSR count). The Morgan fingerprint density at radius 1 is 0.277 bits per heavy atom. The second-order valence-electron chi connectivity index (χ2n) is 12.1. The van der Waals surface area contributed by atoms with E-state index >= 15 is 0 Å². The van der Waals surface area contributed by atoms with Crippen LogP contribution in [0.2, 0.25) is 0 Å². The molecule has 0 aliphatic carbocycles. The molecule has 0 saturated heterocycles. The predicted octanol–water partition coefficient (Wildman–Crippen LogP) is 12.6. The van der Waals surface area contributed by atoms with Crippen molar-refractivity contribution in [3.8, 4) is 50.2 Å². The Balaban J connectivity index is 1.48. The summed E-state index contributed by atoms with van der Waals surface area (Å²) in [5, 5.41) is 4.94. The third-order valence-corrected chi connectivity index (χ3v) is 9.39. The van der Waals surface area contributed by atoms with Gasteiger partial charge in [0.1, 0.15) is 0 Å². The van der Waals surface area contributed by atoms with Crippen molar-refractivity contribution in [1.29, 1.82) is 0 Å². The van der Waals surface area contributed by atoms with Crippen LogP contribution < -0.4 is 0 Å². The molecule has 0 unspecified atom stereocenters. The van der Waals surface area contributed by atoms with Gasteiger partial charge in [-0.25, -0.2) is 0 Å². The summed E-state index contributed by atoms with van der Waals surface area (Å²) in [6, 6.07) is 68.3. The Hall–Kier alpha value is -6.18. The molecule has 0 aliphatic rings. The lowest BCUT2D eigenvalue weighted by molar-refractivity contribution is 1.20. The van der Waals surface area contributed by atoms with Crippen LogP contribution in [0.3, 0.4) is 0 Å². The first-order chi connectivity index (χ1) is 23.3. The topological polar surface area (TPSA) is 4.93 Å². The van der Waals surface area contributed by atoms with Crippen molar-refractivity contribution in [2.45, 2.75) is 0 Å². The highest BCUT2D eigenvalue weighted by Gasteiger charge is 2.21. The van der Waals surface area contributed by atoms with Gasteiger partial charge in [-0.2, -0.15) is 0 Å². The first-order valence-electron chi connectivity index (χ1n) is 16.2. The second kappa shape index (κ2) is 11.3. The Bertz CT molecular complexity index is 2380. The van der Waals surface area contributed by atoms with Crippen LogP contribution in [0, 0.1) is 0 Å². The van der Waals surface area contributed by atoms with Gasteiger partial charge in [-0.15, -0.1) is 0 Å². The van der Waals surface area contributed by atoms with E-state index in [2.05, 4.69) is 193 Å². The Morgan fingerprint density at radius 3 is 1.09 bits per heavy atom. The maximum Gasteiger partial charge on any atom is 0.0547 e. The van der Waals surface area contributed by atoms with E-state index in [0.29, 0.717) is 0 Å². The Morgan fingerprint density at radius 2 is 0.638 bits per heavy atom. The van der Waals surface area contributed by atoms with E-state index in [9.17, 15) is 0 Å². The van der Waals surface area contributed by atoms with Gasteiger partial charge in [0.25, 0.3) is 0 Å². The molecule has 0 amide bonds. The molecule has 0 spiro atoms. The Labute approximate surface area is 274 Å². The van der Waals surface area contributed by atoms with E-state index in [1.807, 2.05) is 0 Å². The summed E-state index contributed by atoms with van der Waals surface area (Å²) in [6.07, 6.45) is 0. The number of benzene rings is 8. The summed E-state index contributed by atoms with van der Waals surface area (Å²) in [7, 11) is 0. The Kier molecular flexibility index (Phi) is 6.54. The number of rotatable bonds is 5. The molecule has 1 heteroatoms. The van der Waals surface area contributed by atoms with Gasteiger partial charge in [-0.05, 0) is 80.2 Å². The van der Waals surface area contributed by atoms with Crippen molar-refractivity contribution < 1.29 is 0 Å². The molecule has 0 fully saturated rings. The minimum Gasteiger partial charge on any atom is -0.309 e. The third-order valence-electron chi connectivity index (χ3n) is 9.39. The fourth-order valence-electron chi connectivity index (χ4n) is 7.20. The number of hydrogen-bond donors (Lipinski definition) is 0. The predicted molar refractivity (Wildman–Crippen MR) is 200 cm³/mol. The maximum absolute atomic E-state index is 2.50. The number of fused-ring (bicyclic) bond motifs is 4. The van der Waals surface area contributed by atoms with Crippen LogP contribution >= 0.6 is 0 Å². The summed E-state index contributed by atoms with van der Waals surface area (Å²) in [5.41, 5.74) is 13.3. The first kappa shape index (κ1) is 27.2. The SMILES string of the molecule is c1ccc(-c2cc3c4cc(-c5ccccc5)c(-c5ccccc5)cc4n(-c4cccc5ccccc45)c3cc2-c2ccccc2)cc1. The summed E-state index contributed by atoms with van der Waals surface area (Å²) >= 11 is 0. The van der Waals surface area contributed by atoms with Crippen LogP contribution in [-0.2, 0) is 0 Å². The molecular formula is C46H31N. The minimum atomic E-state index is 1.18. The standard InChI is InChI=1S/C46H31N/c1-5-16-33(17-6-1)38-28-42-43-29-39(34-18-7-2-8-19-34)41(36-22-11-4-12-23-36)31-46(43)47(44-27-15-25-32-24-13-14-26-37(32)44)45(42)30-40(38)35-20-9-3-10-21-35/h1-31H. The molecule has 1 heterocycles. The molecule has 9 aromatic rings. The van der Waals surface area contributed by atoms with Crippen LogP contribution in [0.15, 0.2) is 188 Å². The number of aromatic nitrogens is 1. The van der Waals surface area contributed by atoms with Crippen molar-refractivity contribution in [3.63, 3.8) is 0 Å². The monoisotopic (exact) mass is 597 g/mol. The summed E-state index contributed by atoms with van der Waals surface area (Å²) < 4.78 is 2.50. The van der Waals surface area contributed by atoms with E-state index in [-0.39, 0.29) is 0 Å². The zero-order valence-corrected chi connectivity index (χ0v) is 25.8. The fraction of sp³-hybridized carbons (Fsp3) is 0. The highest BCUT2D eigenvalue weighted by Crippen LogP contribution is 2.45. The lowest BCUT2D eigenvalue weighted by atomic mass is 9.91. The van der Waals surface area contributed by atoms with Crippen molar-refractivity contribution in [2.24, 2.45) is 0 Å². The molecule has 47 heavy (non-hydrogen) atoms. The van der Waals surface area contributed by atoms with Gasteiger partial charge >= 0.3 is 0 Å². The van der Waals surface area contributed by atoms with Crippen LogP contribution in [0.25, 0.3) is 82.8 Å². The van der Waals surface area contributed by atoms with Crippen molar-refractivity contribution >= 4 is 32.6 Å². The largest absolute Gasteiger partial charge is 0.309 e. The van der Waals surface area contributed by atoms with E-state index in [0.717, 1.165) is 0 Å². The highest BCUT2D eigenvalue weighted by molar-refractivity contribution is 6.16. The highest BCUT2D eigenvalue weighted by atomic mass is 15.0. The molecule has 0 saturated carbocycles. The van der Waals surface area contributed by atoms with E-state index in [4.69, 9.17) is 0 Å². The van der Waals surface area contributed by atoms with Crippen molar-refractivity contribution in [1.82, 2.24) is 4.57 Å². The zero-order chi connectivity index (χ0) is 31.2. The van der Waals surface area contributed by atoms with Crippen LogP contribution in [0.4, 0.5) is 0 Å². The smallest absolute Gasteiger partial charge is 0.0547 e. The second-order valence-corrected chi connectivity index (χ2v) is 12.1. The van der Waals surface area contributed by atoms with Gasteiger partial charge in [0.05, 0.1) is 16.7 Å². The van der Waals surface area contributed by atoms with Crippen LogP contribution in [0.1, 0.15) is 0 Å². The van der Waals surface area contributed by atoms with Gasteiger partial charge < -0.3 is 4.57 Å². The average molecular weight is 598 g/mol. The summed E-state index contributed by atoms with van der Waals surface area (Å²) in [5.74, 6) is 0. The van der Waals surface area contributed by atoms with Gasteiger partial charge in [0.15, 0.2) is 0 Å². The number of hydrogen-bond acceptors (Lipinski definition) is 0. The maximum atomic E-state index is 2.50. The van der Waals surface area contributed by atoms with Crippen molar-refractivity contribution in [3.05, 3.63) is 188 Å². The lowest BCUT2D eigenvalue weighted by Gasteiger charge is -2.15. The van der Waals surface area contributed by atoms with Crippen LogP contribution in [0.5, 0.6) is 0 Å². The molecule has 0 atom stereocenters. The van der Waals surface area contributed by atoms with Gasteiger partial charge in [-0.3, -0.25) is 0 Å². The molecule has 1 nitrogen and oxygen atoms in total. The van der Waals surface area contributed by atoms with Gasteiger partial charge in [0, 0.05) is 16.2 Å². The first-order valence-corrected chi connectivity index (χ1v) is 16.2. The third kappa shape index (κ3) is 4.64. The van der Waals surface area contributed by atoms with E-state index < -0.39 is 0 Å². The van der Waals surface area contributed by atoms with E-state index in [1.165, 1.54) is 82.8 Å². The van der Waals surface area contributed by atoms with Crippen molar-refractivity contribution in [2.75, 3.05) is 0 Å². The van der Waals surface area contributed by atoms with Crippen LogP contribution in [-0.4, -0.2) is 4.57 Å². The molecule has 0 aliphatic heterocycles. The quantitative estimate of drug-likeness (QED) is 0.186. The minimum absolute atomic E-state index is 1.18. The zero-order valence-electron chi connectivity index (χ0n) is 25.8. The summed E-state index contributed by atoms with van der Waals surface area (Å²) in [4.78, 5) is 0. The molecule has 0 N–H and O–H groups in total. The average Bonchev–Trinajstić information content (AvgIpc) is 3.47. The summed E-state index contributed by atoms with van der Waals surface area (Å²) in [6.45, 7) is 0. The molecular weight excluding hydrogens is 567 g/mol. The lowest BCUT2D eigenvalue weighted by Crippen LogP contribution is -1.97. The molecule has 1 aromatic heterocycles. The van der Waals surface area contributed by atoms with Gasteiger partial charge in [-0.1, -0.05) is 158 Å².